The molecule has 2 fully saturated rings. The van der Waals surface area contributed by atoms with Gasteiger partial charge in [-0.2, -0.15) is 0 Å². The van der Waals surface area contributed by atoms with E-state index in [4.69, 9.17) is 0 Å². The Kier molecular flexibility index (Phi) is 7.09. The van der Waals surface area contributed by atoms with Crippen molar-refractivity contribution in [1.29, 1.82) is 0 Å². The van der Waals surface area contributed by atoms with E-state index in [1.807, 2.05) is 12.1 Å². The number of hydrogen-bond donors (Lipinski definition) is 1. The highest BCUT2D eigenvalue weighted by Gasteiger charge is 2.25. The van der Waals surface area contributed by atoms with E-state index in [0.29, 0.717) is 25.9 Å². The molecule has 0 aliphatic carbocycles. The second-order valence-electron chi connectivity index (χ2n) is 9.63. The molecule has 0 bridgehead atoms. The van der Waals surface area contributed by atoms with Gasteiger partial charge in [0.1, 0.15) is 11.6 Å². The van der Waals surface area contributed by atoms with Crippen molar-refractivity contribution in [2.24, 2.45) is 0 Å². The molecule has 0 spiro atoms. The van der Waals surface area contributed by atoms with Gasteiger partial charge in [0.15, 0.2) is 0 Å². The minimum absolute atomic E-state index is 0.0889. The molecule has 2 aliphatic rings. The molecule has 0 saturated carbocycles. The summed E-state index contributed by atoms with van der Waals surface area (Å²) in [6.07, 6.45) is 3.77. The molecule has 2 aliphatic heterocycles. The van der Waals surface area contributed by atoms with E-state index in [-0.39, 0.29) is 29.2 Å². The first-order valence-electron chi connectivity index (χ1n) is 12.4. The number of amides is 2. The fourth-order valence-electron chi connectivity index (χ4n) is 5.09. The van der Waals surface area contributed by atoms with Gasteiger partial charge in [0.2, 0.25) is 5.91 Å². The van der Waals surface area contributed by atoms with Gasteiger partial charge in [0, 0.05) is 44.8 Å². The number of rotatable bonds is 5. The first-order chi connectivity index (χ1) is 17.4. The summed E-state index contributed by atoms with van der Waals surface area (Å²) >= 11 is 0. The van der Waals surface area contributed by atoms with Gasteiger partial charge < -0.3 is 10.2 Å². The third-order valence-electron chi connectivity index (χ3n) is 7.02. The fraction of sp³-hybridized carbons (Fsp3) is 0.310. The molecule has 5 nitrogen and oxygen atoms in total. The SMILES string of the molecule is O=C(C=C1CCN(C(=O)c2ccccc2F)CC1)NC1CCN(Cc2ccc3cc(F)ccc3c2)C1. The van der Waals surface area contributed by atoms with Crippen molar-refractivity contribution in [3.63, 3.8) is 0 Å². The van der Waals surface area contributed by atoms with Gasteiger partial charge in [0.25, 0.3) is 5.91 Å². The highest BCUT2D eigenvalue weighted by molar-refractivity contribution is 5.94. The number of nitrogens with one attached hydrogen (secondary N) is 1. The molecule has 0 aromatic heterocycles. The molecule has 1 atom stereocenters. The largest absolute Gasteiger partial charge is 0.348 e. The molecule has 186 valence electrons. The van der Waals surface area contributed by atoms with Gasteiger partial charge in [-0.25, -0.2) is 8.78 Å². The first kappa shape index (κ1) is 24.1. The summed E-state index contributed by atoms with van der Waals surface area (Å²) in [5.41, 5.74) is 2.26. The number of piperidine rings is 1. The average molecular weight is 490 g/mol. The van der Waals surface area contributed by atoms with E-state index in [0.717, 1.165) is 42.4 Å². The molecule has 1 unspecified atom stereocenters. The van der Waals surface area contributed by atoms with E-state index in [2.05, 4.69) is 16.3 Å². The molecule has 5 rings (SSSR count). The molecular weight excluding hydrogens is 460 g/mol. The van der Waals surface area contributed by atoms with Gasteiger partial charge >= 0.3 is 0 Å². The van der Waals surface area contributed by atoms with Crippen molar-refractivity contribution in [1.82, 2.24) is 15.1 Å². The Morgan fingerprint density at radius 3 is 2.50 bits per heavy atom. The molecule has 2 heterocycles. The predicted octanol–water partition coefficient (Wildman–Crippen LogP) is 4.67. The Hall–Kier alpha value is -3.58. The van der Waals surface area contributed by atoms with Gasteiger partial charge in [-0.1, -0.05) is 35.9 Å². The molecular formula is C29H29F2N3O2. The van der Waals surface area contributed by atoms with Crippen LogP contribution in [-0.2, 0) is 11.3 Å². The lowest BCUT2D eigenvalue weighted by Crippen LogP contribution is -2.38. The predicted molar refractivity (Wildman–Crippen MR) is 135 cm³/mol. The van der Waals surface area contributed by atoms with E-state index >= 15 is 0 Å². The Morgan fingerprint density at radius 1 is 0.944 bits per heavy atom. The number of carbonyl (C=O) groups is 2. The molecule has 36 heavy (non-hydrogen) atoms. The molecule has 3 aromatic rings. The number of benzene rings is 3. The zero-order chi connectivity index (χ0) is 25.1. The summed E-state index contributed by atoms with van der Waals surface area (Å²) in [6, 6.07) is 17.0. The minimum Gasteiger partial charge on any atom is -0.348 e. The third-order valence-corrected chi connectivity index (χ3v) is 7.02. The first-order valence-corrected chi connectivity index (χ1v) is 12.4. The average Bonchev–Trinajstić information content (AvgIpc) is 3.30. The van der Waals surface area contributed by atoms with Crippen LogP contribution in [0, 0.1) is 11.6 Å². The van der Waals surface area contributed by atoms with E-state index in [1.165, 1.54) is 23.8 Å². The molecule has 7 heteroatoms. The van der Waals surface area contributed by atoms with Crippen LogP contribution < -0.4 is 5.32 Å². The van der Waals surface area contributed by atoms with E-state index in [9.17, 15) is 18.4 Å². The van der Waals surface area contributed by atoms with Crippen molar-refractivity contribution in [2.45, 2.75) is 31.8 Å². The third kappa shape index (κ3) is 5.62. The monoisotopic (exact) mass is 489 g/mol. The lowest BCUT2D eigenvalue weighted by Gasteiger charge is -2.28. The van der Waals surface area contributed by atoms with Crippen LogP contribution in [0.3, 0.4) is 0 Å². The number of hydrogen-bond acceptors (Lipinski definition) is 3. The summed E-state index contributed by atoms with van der Waals surface area (Å²) in [5, 5.41) is 5.03. The zero-order valence-corrected chi connectivity index (χ0v) is 20.1. The summed E-state index contributed by atoms with van der Waals surface area (Å²) in [4.78, 5) is 29.2. The van der Waals surface area contributed by atoms with Crippen molar-refractivity contribution in [3.8, 4) is 0 Å². The molecule has 2 amide bonds. The summed E-state index contributed by atoms with van der Waals surface area (Å²) in [7, 11) is 0. The number of halogens is 2. The Labute approximate surface area is 209 Å². The maximum Gasteiger partial charge on any atom is 0.256 e. The van der Waals surface area contributed by atoms with Crippen molar-refractivity contribution in [2.75, 3.05) is 26.2 Å². The van der Waals surface area contributed by atoms with Crippen molar-refractivity contribution >= 4 is 22.6 Å². The summed E-state index contributed by atoms with van der Waals surface area (Å²) < 4.78 is 27.3. The molecule has 3 aromatic carbocycles. The van der Waals surface area contributed by atoms with Crippen LogP contribution in [0.4, 0.5) is 8.78 Å². The number of likely N-dealkylation sites (tertiary alicyclic amines) is 2. The van der Waals surface area contributed by atoms with Crippen LogP contribution in [0.2, 0.25) is 0 Å². The maximum absolute atomic E-state index is 13.9. The van der Waals surface area contributed by atoms with Crippen molar-refractivity contribution < 1.29 is 18.4 Å². The van der Waals surface area contributed by atoms with Crippen molar-refractivity contribution in [3.05, 3.63) is 95.1 Å². The Bertz CT molecular complexity index is 1310. The fourth-order valence-corrected chi connectivity index (χ4v) is 5.09. The molecule has 1 N–H and O–H groups in total. The highest BCUT2D eigenvalue weighted by atomic mass is 19.1. The highest BCUT2D eigenvalue weighted by Crippen LogP contribution is 2.21. The number of fused-ring (bicyclic) bond motifs is 1. The second-order valence-corrected chi connectivity index (χ2v) is 9.63. The summed E-state index contributed by atoms with van der Waals surface area (Å²) in [6.45, 7) is 3.41. The zero-order valence-electron chi connectivity index (χ0n) is 20.1. The van der Waals surface area contributed by atoms with Gasteiger partial charge in [-0.3, -0.25) is 14.5 Å². The lowest BCUT2D eigenvalue weighted by atomic mass is 10.0. The van der Waals surface area contributed by atoms with Crippen LogP contribution in [0.25, 0.3) is 10.8 Å². The standard InChI is InChI=1S/C29H29F2N3O2/c30-24-8-7-22-15-21(5-6-23(22)17-24)18-33-12-11-25(19-33)32-28(35)16-20-9-13-34(14-10-20)29(36)26-3-1-2-4-27(26)31/h1-8,15-17,25H,9-14,18-19H2,(H,32,35). The van der Waals surface area contributed by atoms with Gasteiger partial charge in [-0.15, -0.1) is 0 Å². The Morgan fingerprint density at radius 2 is 1.69 bits per heavy atom. The van der Waals surface area contributed by atoms with Crippen LogP contribution in [-0.4, -0.2) is 53.8 Å². The normalized spacial score (nSPS) is 18.4. The quantitative estimate of drug-likeness (QED) is 0.530. The minimum atomic E-state index is -0.509. The summed E-state index contributed by atoms with van der Waals surface area (Å²) in [5.74, 6) is -1.14. The maximum atomic E-state index is 13.9. The number of carbonyl (C=O) groups excluding carboxylic acids is 2. The lowest BCUT2D eigenvalue weighted by molar-refractivity contribution is -0.117. The van der Waals surface area contributed by atoms with E-state index in [1.54, 1.807) is 35.2 Å². The molecule has 2 saturated heterocycles. The van der Waals surface area contributed by atoms with Gasteiger partial charge in [0.05, 0.1) is 5.56 Å². The van der Waals surface area contributed by atoms with Gasteiger partial charge in [-0.05, 0) is 65.9 Å². The van der Waals surface area contributed by atoms with Crippen LogP contribution in [0.15, 0.2) is 72.3 Å². The topological polar surface area (TPSA) is 52.7 Å². The smallest absolute Gasteiger partial charge is 0.256 e. The van der Waals surface area contributed by atoms with Crippen LogP contribution in [0.5, 0.6) is 0 Å². The molecule has 0 radical (unpaired) electrons. The van der Waals surface area contributed by atoms with E-state index < -0.39 is 5.82 Å². The van der Waals surface area contributed by atoms with Crippen LogP contribution in [0.1, 0.15) is 35.2 Å². The number of nitrogens with zero attached hydrogens (tertiary/aromatic N) is 2. The second kappa shape index (κ2) is 10.6. The van der Waals surface area contributed by atoms with Crippen LogP contribution >= 0.6 is 0 Å². The Balaban J connectivity index is 1.10.